The van der Waals surface area contributed by atoms with Gasteiger partial charge >= 0.3 is 6.01 Å². The lowest BCUT2D eigenvalue weighted by molar-refractivity contribution is 0.543. The molecular formula is C22H22ClN9O. The molecule has 1 N–H and O–H groups in total. The van der Waals surface area contributed by atoms with Crippen LogP contribution in [0.25, 0.3) is 11.5 Å². The van der Waals surface area contributed by atoms with E-state index in [0.717, 1.165) is 36.8 Å². The summed E-state index contributed by atoms with van der Waals surface area (Å²) in [7, 11) is 1.97. The Morgan fingerprint density at radius 3 is 2.55 bits per heavy atom. The van der Waals surface area contributed by atoms with Crippen LogP contribution in [0.5, 0.6) is 0 Å². The van der Waals surface area contributed by atoms with E-state index in [4.69, 9.17) is 16.0 Å². The van der Waals surface area contributed by atoms with Crippen molar-refractivity contribution >= 4 is 23.6 Å². The number of H-pyrrole nitrogens is 1. The van der Waals surface area contributed by atoms with Gasteiger partial charge in [-0.25, -0.2) is 9.97 Å². The summed E-state index contributed by atoms with van der Waals surface area (Å²) in [4.78, 5) is 13.1. The van der Waals surface area contributed by atoms with Crippen molar-refractivity contribution in [2.45, 2.75) is 12.3 Å². The number of piperidine rings is 1. The summed E-state index contributed by atoms with van der Waals surface area (Å²) in [5.41, 5.74) is 2.97. The number of aromatic amines is 1. The maximum atomic E-state index is 5.95. The molecule has 10 nitrogen and oxygen atoms in total. The number of aromatic nitrogens is 7. The molecule has 0 spiro atoms. The Hall–Kier alpha value is -3.53. The lowest BCUT2D eigenvalue weighted by Crippen LogP contribution is -2.23. The number of likely N-dealkylation sites (N-methyl/N-ethyl adjacent to an activating group) is 1. The van der Waals surface area contributed by atoms with Crippen LogP contribution in [0, 0.1) is 11.8 Å². The van der Waals surface area contributed by atoms with Crippen LogP contribution < -0.4 is 9.80 Å². The van der Waals surface area contributed by atoms with E-state index in [2.05, 4.69) is 40.5 Å². The molecule has 1 aromatic carbocycles. The van der Waals surface area contributed by atoms with Gasteiger partial charge in [0.2, 0.25) is 5.95 Å². The summed E-state index contributed by atoms with van der Waals surface area (Å²) in [6.45, 7) is 2.56. The first-order valence-corrected chi connectivity index (χ1v) is 11.3. The Morgan fingerprint density at radius 1 is 1.09 bits per heavy atom. The Labute approximate surface area is 195 Å². The van der Waals surface area contributed by atoms with Gasteiger partial charge in [-0.3, -0.25) is 0 Å². The van der Waals surface area contributed by atoms with Crippen LogP contribution in [0.2, 0.25) is 5.02 Å². The molecule has 3 aromatic heterocycles. The van der Waals surface area contributed by atoms with Gasteiger partial charge in [-0.1, -0.05) is 28.8 Å². The van der Waals surface area contributed by atoms with Gasteiger partial charge in [-0.15, -0.1) is 5.10 Å². The molecule has 1 aliphatic carbocycles. The SMILES string of the molecule is CN(CCc1ccc(Cl)cc1)c1ncc(-c2nnc(N3C[C@@H]4C(c5cn[nH]n5)[C@@H]4C3)o2)cn1. The second-order valence-corrected chi connectivity index (χ2v) is 9.05. The van der Waals surface area contributed by atoms with Crippen LogP contribution in [-0.2, 0) is 6.42 Å². The minimum Gasteiger partial charge on any atom is -0.403 e. The molecule has 1 unspecified atom stereocenters. The maximum absolute atomic E-state index is 5.95. The van der Waals surface area contributed by atoms with Gasteiger partial charge in [0.05, 0.1) is 17.5 Å². The molecule has 6 rings (SSSR count). The van der Waals surface area contributed by atoms with Crippen LogP contribution in [-0.4, -0.2) is 62.3 Å². The molecule has 1 saturated heterocycles. The normalized spacial score (nSPS) is 21.3. The van der Waals surface area contributed by atoms with Crippen molar-refractivity contribution in [2.75, 3.05) is 36.5 Å². The molecule has 168 valence electrons. The van der Waals surface area contributed by atoms with Crippen LogP contribution in [0.3, 0.4) is 0 Å². The average Bonchev–Trinajstić information content (AvgIpc) is 3.38. The summed E-state index contributed by atoms with van der Waals surface area (Å²) in [5.74, 6) is 2.69. The molecule has 2 aliphatic rings. The van der Waals surface area contributed by atoms with Crippen molar-refractivity contribution in [3.8, 4) is 11.5 Å². The number of nitrogens with one attached hydrogen (secondary N) is 1. The van der Waals surface area contributed by atoms with Crippen LogP contribution in [0.15, 0.2) is 47.3 Å². The van der Waals surface area contributed by atoms with Crippen LogP contribution in [0.4, 0.5) is 12.0 Å². The van der Waals surface area contributed by atoms with Crippen molar-refractivity contribution in [1.82, 2.24) is 35.6 Å². The van der Waals surface area contributed by atoms with Gasteiger partial charge in [0.25, 0.3) is 5.89 Å². The third-order valence-corrected chi connectivity index (χ3v) is 6.78. The number of hydrogen-bond donors (Lipinski definition) is 1. The highest BCUT2D eigenvalue weighted by Crippen LogP contribution is 2.58. The molecule has 4 heterocycles. The molecule has 0 radical (unpaired) electrons. The van der Waals surface area contributed by atoms with E-state index in [-0.39, 0.29) is 0 Å². The molecular weight excluding hydrogens is 442 g/mol. The number of anilines is 2. The number of benzene rings is 1. The van der Waals surface area contributed by atoms with Crippen molar-refractivity contribution in [2.24, 2.45) is 11.8 Å². The predicted octanol–water partition coefficient (Wildman–Crippen LogP) is 2.83. The zero-order valence-corrected chi connectivity index (χ0v) is 18.7. The van der Waals surface area contributed by atoms with Crippen molar-refractivity contribution in [1.29, 1.82) is 0 Å². The fourth-order valence-corrected chi connectivity index (χ4v) is 4.75. The summed E-state index contributed by atoms with van der Waals surface area (Å²) in [6.07, 6.45) is 6.14. The molecule has 33 heavy (non-hydrogen) atoms. The molecule has 0 bridgehead atoms. The van der Waals surface area contributed by atoms with Crippen LogP contribution in [0.1, 0.15) is 17.2 Å². The highest BCUT2D eigenvalue weighted by molar-refractivity contribution is 6.30. The van der Waals surface area contributed by atoms with Crippen molar-refractivity contribution in [3.05, 3.63) is 59.1 Å². The first-order chi connectivity index (χ1) is 16.2. The smallest absolute Gasteiger partial charge is 0.318 e. The van der Waals surface area contributed by atoms with Crippen molar-refractivity contribution in [3.63, 3.8) is 0 Å². The molecule has 3 atom stereocenters. The standard InChI is InChI=1S/C22H22ClN9O/c1-31(7-6-13-2-4-15(23)5-3-13)21-24-8-14(9-25-21)20-28-29-22(33-20)32-11-16-17(12-32)19(16)18-10-26-30-27-18/h2-5,8-10,16-17,19H,6-7,11-12H2,1H3,(H,26,27,30)/t16-,17+,19?. The van der Waals surface area contributed by atoms with Gasteiger partial charge in [0.1, 0.15) is 0 Å². The Balaban J connectivity index is 1.06. The minimum atomic E-state index is 0.425. The molecule has 2 fully saturated rings. The zero-order valence-electron chi connectivity index (χ0n) is 18.0. The van der Waals surface area contributed by atoms with Gasteiger partial charge < -0.3 is 14.2 Å². The second-order valence-electron chi connectivity index (χ2n) is 8.61. The maximum Gasteiger partial charge on any atom is 0.318 e. The lowest BCUT2D eigenvalue weighted by atomic mass is 10.1. The molecule has 1 saturated carbocycles. The summed E-state index contributed by atoms with van der Waals surface area (Å²) in [5, 5.41) is 20.0. The minimum absolute atomic E-state index is 0.425. The van der Waals surface area contributed by atoms with Gasteiger partial charge in [0.15, 0.2) is 0 Å². The quantitative estimate of drug-likeness (QED) is 0.442. The fraction of sp³-hybridized carbons (Fsp3) is 0.364. The van der Waals surface area contributed by atoms with E-state index in [1.165, 1.54) is 5.56 Å². The highest BCUT2D eigenvalue weighted by Gasteiger charge is 2.58. The number of nitrogens with zero attached hydrogens (tertiary/aromatic N) is 8. The Bertz CT molecular complexity index is 1210. The van der Waals surface area contributed by atoms with E-state index in [1.54, 1.807) is 12.4 Å². The first-order valence-electron chi connectivity index (χ1n) is 10.9. The van der Waals surface area contributed by atoms with Gasteiger partial charge in [-0.05, 0) is 36.0 Å². The highest BCUT2D eigenvalue weighted by atomic mass is 35.5. The van der Waals surface area contributed by atoms with E-state index in [0.29, 0.717) is 41.2 Å². The average molecular weight is 464 g/mol. The molecule has 11 heteroatoms. The third kappa shape index (κ3) is 3.91. The van der Waals surface area contributed by atoms with E-state index < -0.39 is 0 Å². The Kier molecular flexibility index (Phi) is 4.94. The van der Waals surface area contributed by atoms with E-state index in [1.807, 2.05) is 42.4 Å². The van der Waals surface area contributed by atoms with Gasteiger partial charge in [0, 0.05) is 50.0 Å². The zero-order chi connectivity index (χ0) is 22.4. The fourth-order valence-electron chi connectivity index (χ4n) is 4.63. The molecule has 1 aliphatic heterocycles. The number of rotatable bonds is 7. The van der Waals surface area contributed by atoms with Crippen molar-refractivity contribution < 1.29 is 4.42 Å². The first kappa shape index (κ1) is 20.1. The van der Waals surface area contributed by atoms with Crippen LogP contribution >= 0.6 is 11.6 Å². The van der Waals surface area contributed by atoms with Gasteiger partial charge in [-0.2, -0.15) is 15.4 Å². The topological polar surface area (TPSA) is 113 Å². The summed E-state index contributed by atoms with van der Waals surface area (Å²) >= 11 is 5.95. The number of halogens is 1. The second kappa shape index (κ2) is 8.11. The Morgan fingerprint density at radius 2 is 1.85 bits per heavy atom. The summed E-state index contributed by atoms with van der Waals surface area (Å²) < 4.78 is 5.93. The molecule has 0 amide bonds. The predicted molar refractivity (Wildman–Crippen MR) is 122 cm³/mol. The lowest BCUT2D eigenvalue weighted by Gasteiger charge is -2.17. The monoisotopic (exact) mass is 463 g/mol. The summed E-state index contributed by atoms with van der Waals surface area (Å²) in [6, 6.07) is 8.42. The number of hydrogen-bond acceptors (Lipinski definition) is 9. The molecule has 4 aromatic rings. The number of fused-ring (bicyclic) bond motifs is 1. The largest absolute Gasteiger partial charge is 0.403 e. The van der Waals surface area contributed by atoms with E-state index >= 15 is 0 Å². The van der Waals surface area contributed by atoms with E-state index in [9.17, 15) is 0 Å². The third-order valence-electron chi connectivity index (χ3n) is 6.53.